The van der Waals surface area contributed by atoms with Crippen LogP contribution in [0.15, 0.2) is 102 Å². The summed E-state index contributed by atoms with van der Waals surface area (Å²) < 4.78 is 36.6. The molecule has 3 aliphatic carbocycles. The molecule has 3 aromatic carbocycles. The zero-order valence-electron chi connectivity index (χ0n) is 42.2. The fourth-order valence-electron chi connectivity index (χ4n) is 11.2. The number of fused-ring (bicyclic) bond motifs is 5. The van der Waals surface area contributed by atoms with E-state index in [0.717, 1.165) is 13.8 Å². The van der Waals surface area contributed by atoms with E-state index in [1.807, 2.05) is 0 Å². The smallest absolute Gasteiger partial charge is 0.350 e. The number of ether oxygens (including phenoxy) is 6. The number of ketones is 2. The molecule has 2 amide bonds. The quantitative estimate of drug-likeness (QED) is 0.0839. The molecule has 1 aliphatic heterocycles. The molecule has 3 fully saturated rings. The van der Waals surface area contributed by atoms with Crippen molar-refractivity contribution in [2.75, 3.05) is 13.2 Å². The Morgan fingerprint density at radius 1 is 0.797 bits per heavy atom. The number of benzene rings is 3. The van der Waals surface area contributed by atoms with E-state index in [1.165, 1.54) is 58.9 Å². The van der Waals surface area contributed by atoms with Crippen molar-refractivity contribution in [2.45, 2.75) is 134 Å². The summed E-state index contributed by atoms with van der Waals surface area (Å²) >= 11 is 0. The highest BCUT2D eigenvalue weighted by molar-refractivity contribution is 5.96. The van der Waals surface area contributed by atoms with Gasteiger partial charge in [0.2, 0.25) is 12.0 Å². The molecule has 19 nitrogen and oxygen atoms in total. The van der Waals surface area contributed by atoms with Crippen LogP contribution >= 0.6 is 0 Å². The molecule has 4 aliphatic rings. The van der Waals surface area contributed by atoms with Crippen LogP contribution in [0.5, 0.6) is 0 Å². The van der Waals surface area contributed by atoms with E-state index in [1.54, 1.807) is 66.7 Å². The molecular weight excluding hydrogens is 961 g/mol. The zero-order chi connectivity index (χ0) is 53.9. The van der Waals surface area contributed by atoms with Crippen molar-refractivity contribution in [2.24, 2.45) is 16.7 Å². The Kier molecular flexibility index (Phi) is 16.1. The first-order valence-electron chi connectivity index (χ1n) is 24.4. The number of aliphatic hydroxyl groups excluding tert-OH is 1. The van der Waals surface area contributed by atoms with E-state index in [-0.39, 0.29) is 65.9 Å². The van der Waals surface area contributed by atoms with Gasteiger partial charge in [-0.1, -0.05) is 80.6 Å². The molecule has 2 saturated carbocycles. The number of rotatable bonds is 17. The summed E-state index contributed by atoms with van der Waals surface area (Å²) in [5, 5.41) is 31.4. The van der Waals surface area contributed by atoms with Crippen molar-refractivity contribution in [3.05, 3.63) is 119 Å². The molecule has 0 aromatic heterocycles. The van der Waals surface area contributed by atoms with Crippen molar-refractivity contribution in [1.29, 1.82) is 0 Å². The van der Waals surface area contributed by atoms with Gasteiger partial charge in [0.25, 0.3) is 5.91 Å². The van der Waals surface area contributed by atoms with E-state index < -0.39 is 131 Å². The predicted molar refractivity (Wildman–Crippen MR) is 259 cm³/mol. The number of Topliss-reactive ketones (excluding diaryl/α,β-unsaturated/α-hetero) is 2. The minimum Gasteiger partial charge on any atom is -0.455 e. The lowest BCUT2D eigenvalue weighted by atomic mass is 9.44. The third-order valence-electron chi connectivity index (χ3n) is 15.1. The number of carbonyl (C=O) groups is 9. The second-order valence-corrected chi connectivity index (χ2v) is 20.2. The highest BCUT2D eigenvalue weighted by atomic mass is 16.6. The average molecular weight is 1020 g/mol. The zero-order valence-corrected chi connectivity index (χ0v) is 42.2. The van der Waals surface area contributed by atoms with Gasteiger partial charge >= 0.3 is 29.8 Å². The molecule has 74 heavy (non-hydrogen) atoms. The summed E-state index contributed by atoms with van der Waals surface area (Å²) in [5.74, 6) is -9.15. The van der Waals surface area contributed by atoms with Crippen LogP contribution in [-0.2, 0) is 62.0 Å². The first-order valence-corrected chi connectivity index (χ1v) is 24.4. The molecule has 1 heterocycles. The van der Waals surface area contributed by atoms with Crippen molar-refractivity contribution in [1.82, 2.24) is 10.6 Å². The third kappa shape index (κ3) is 10.5. The summed E-state index contributed by atoms with van der Waals surface area (Å²) in [4.78, 5) is 124. The molecule has 0 unspecified atom stereocenters. The van der Waals surface area contributed by atoms with Gasteiger partial charge in [0.05, 0.1) is 29.6 Å². The molecule has 2 bridgehead atoms. The molecular formula is C55H62N2O17. The maximum absolute atomic E-state index is 15.7. The SMILES string of the molecule is CC(=O)CCCC(=O)NCC(=O)O[C@@H](C(=O)O[C@H]1C[C@@]2(O)[C@@H](OC(=O)c3ccccc3)[C@@H]3[C@]4(OC(C)=O)CO[C@@H]4C[C@H](O)[C@@]3(C)C(=O)[C@H](OC(C)=O)C(=C1C)C2(C)C)[C@@H](NC(=O)c1ccccc1)c1ccccc1. The number of amides is 2. The van der Waals surface area contributed by atoms with Gasteiger partial charge in [-0.3, -0.25) is 28.8 Å². The molecule has 4 N–H and O–H groups in total. The monoisotopic (exact) mass is 1020 g/mol. The molecule has 0 radical (unpaired) electrons. The Labute approximate surface area is 427 Å². The van der Waals surface area contributed by atoms with Gasteiger partial charge in [-0.2, -0.15) is 0 Å². The minimum atomic E-state index is -2.51. The summed E-state index contributed by atoms with van der Waals surface area (Å²) in [6.07, 6.45) is -10.9. The molecule has 19 heteroatoms. The Bertz CT molecular complexity index is 2710. The second-order valence-electron chi connectivity index (χ2n) is 20.2. The molecule has 0 spiro atoms. The van der Waals surface area contributed by atoms with Crippen LogP contribution in [0.25, 0.3) is 0 Å². The van der Waals surface area contributed by atoms with Crippen LogP contribution in [0.4, 0.5) is 0 Å². The van der Waals surface area contributed by atoms with E-state index in [9.17, 15) is 43.8 Å². The van der Waals surface area contributed by atoms with Crippen molar-refractivity contribution in [3.63, 3.8) is 0 Å². The van der Waals surface area contributed by atoms with E-state index in [4.69, 9.17) is 28.4 Å². The Balaban J connectivity index is 1.38. The lowest BCUT2D eigenvalue weighted by Crippen LogP contribution is -2.82. The van der Waals surface area contributed by atoms with Crippen molar-refractivity contribution in [3.8, 4) is 0 Å². The first-order chi connectivity index (χ1) is 35.0. The van der Waals surface area contributed by atoms with Crippen LogP contribution in [0.3, 0.4) is 0 Å². The summed E-state index contributed by atoms with van der Waals surface area (Å²) in [6, 6.07) is 22.2. The number of nitrogens with one attached hydrogen (secondary N) is 2. The molecule has 11 atom stereocenters. The van der Waals surface area contributed by atoms with E-state index in [2.05, 4.69) is 10.6 Å². The summed E-state index contributed by atoms with van der Waals surface area (Å²) in [6.45, 7) is 8.34. The third-order valence-corrected chi connectivity index (χ3v) is 15.1. The lowest BCUT2D eigenvalue weighted by Gasteiger charge is -2.67. The normalized spacial score (nSPS) is 28.4. The average Bonchev–Trinajstić information content (AvgIpc) is 3.35. The molecule has 7 rings (SSSR count). The molecule has 394 valence electrons. The largest absolute Gasteiger partial charge is 0.455 e. The number of hydrogen-bond acceptors (Lipinski definition) is 17. The number of carbonyl (C=O) groups excluding carboxylic acids is 9. The molecule has 1 saturated heterocycles. The number of aliphatic hydroxyl groups is 2. The fraction of sp³-hybridized carbons (Fsp3) is 0.473. The van der Waals surface area contributed by atoms with E-state index >= 15 is 9.59 Å². The Hall–Kier alpha value is -7.09. The molecule has 3 aromatic rings. The number of esters is 5. The van der Waals surface area contributed by atoms with Gasteiger partial charge in [0, 0.05) is 50.5 Å². The van der Waals surface area contributed by atoms with Gasteiger partial charge in [0.1, 0.15) is 42.3 Å². The van der Waals surface area contributed by atoms with Crippen LogP contribution in [0, 0.1) is 16.7 Å². The van der Waals surface area contributed by atoms with Crippen molar-refractivity contribution >= 4 is 53.2 Å². The van der Waals surface area contributed by atoms with Crippen molar-refractivity contribution < 1.29 is 81.8 Å². The highest BCUT2D eigenvalue weighted by Gasteiger charge is 2.78. The minimum absolute atomic E-state index is 0.0215. The maximum Gasteiger partial charge on any atom is 0.350 e. The number of hydrogen-bond donors (Lipinski definition) is 4. The Morgan fingerprint density at radius 2 is 1.41 bits per heavy atom. The van der Waals surface area contributed by atoms with Crippen LogP contribution in [0.1, 0.15) is 113 Å². The van der Waals surface area contributed by atoms with Crippen LogP contribution in [0.2, 0.25) is 0 Å². The van der Waals surface area contributed by atoms with Crippen LogP contribution in [-0.4, -0.2) is 124 Å². The van der Waals surface area contributed by atoms with Gasteiger partial charge in [0.15, 0.2) is 17.5 Å². The highest BCUT2D eigenvalue weighted by Crippen LogP contribution is 2.64. The maximum atomic E-state index is 15.7. The topological polar surface area (TPSA) is 274 Å². The fourth-order valence-corrected chi connectivity index (χ4v) is 11.2. The van der Waals surface area contributed by atoms with Gasteiger partial charge in [-0.25, -0.2) is 9.59 Å². The Morgan fingerprint density at radius 3 is 1.97 bits per heavy atom. The second kappa shape index (κ2) is 21.8. The summed E-state index contributed by atoms with van der Waals surface area (Å²) in [5.41, 5.74) is -7.79. The van der Waals surface area contributed by atoms with E-state index in [0.29, 0.717) is 0 Å². The van der Waals surface area contributed by atoms with Gasteiger partial charge in [-0.05, 0) is 68.2 Å². The summed E-state index contributed by atoms with van der Waals surface area (Å²) in [7, 11) is 0. The lowest BCUT2D eigenvalue weighted by molar-refractivity contribution is -0.346. The van der Waals surface area contributed by atoms with Gasteiger partial charge in [-0.15, -0.1) is 0 Å². The van der Waals surface area contributed by atoms with Crippen LogP contribution < -0.4 is 10.6 Å². The van der Waals surface area contributed by atoms with Gasteiger partial charge < -0.3 is 54.1 Å². The standard InChI is InChI=1S/C55H62N2O17/c1-30(58)18-17-25-40(62)56-28-41(63)72-45(43(34-19-11-8-12-20-34)57-49(65)35-21-13-9-14-22-35)51(67)71-37-27-55(68)48(73-50(66)36-23-15-10-16-24-36)46-53(7,38(61)26-39-54(46,29-69-39)74-33(4)60)47(64)44(70-32(3)59)42(31(37)2)52(55,5)6/h8-16,19-24,37-39,43-46,48,61,68H,17-18,25-29H2,1-7H3,(H,56,62)(H,57,65)/t37-,38-,39+,43-,44+,45+,46-,48-,53+,54-,55+/m0/s1. The predicted octanol–water partition coefficient (Wildman–Crippen LogP) is 4.16. The first kappa shape index (κ1) is 54.7.